The van der Waals surface area contributed by atoms with Crippen LogP contribution in [0.1, 0.15) is 16.8 Å². The van der Waals surface area contributed by atoms with Crippen LogP contribution in [0.5, 0.6) is 5.75 Å². The fourth-order valence-electron chi connectivity index (χ4n) is 2.91. The molecule has 1 aromatic heterocycles. The quantitative estimate of drug-likeness (QED) is 0.742. The highest BCUT2D eigenvalue weighted by molar-refractivity contribution is 5.71. The standard InChI is InChI=1S/C21H23N3O2/c1-5-9-24(10-6-2)14-17-12-16(7-8-20(17)26-4)18-11-15(3)23-21(25)19(18)13-22/h5-8,11-12H,1-2,9-10,14H2,3-4H3,(H,23,25). The first-order valence-electron chi connectivity index (χ1n) is 8.29. The number of benzene rings is 1. The predicted molar refractivity (Wildman–Crippen MR) is 104 cm³/mol. The SMILES string of the molecule is C=CCN(CC=C)Cc1cc(-c2cc(C)[nH]c(=O)c2C#N)ccc1OC. The van der Waals surface area contributed by atoms with Crippen molar-refractivity contribution in [2.24, 2.45) is 0 Å². The number of H-pyrrole nitrogens is 1. The summed E-state index contributed by atoms with van der Waals surface area (Å²) in [6, 6.07) is 9.52. The maximum atomic E-state index is 12.1. The lowest BCUT2D eigenvalue weighted by molar-refractivity contribution is 0.318. The van der Waals surface area contributed by atoms with Crippen molar-refractivity contribution in [3.8, 4) is 22.9 Å². The number of nitriles is 1. The Labute approximate surface area is 153 Å². The van der Waals surface area contributed by atoms with Gasteiger partial charge in [0.05, 0.1) is 7.11 Å². The van der Waals surface area contributed by atoms with E-state index in [1.54, 1.807) is 14.0 Å². The molecule has 0 aliphatic rings. The van der Waals surface area contributed by atoms with Crippen LogP contribution in [0.2, 0.25) is 0 Å². The summed E-state index contributed by atoms with van der Waals surface area (Å²) in [7, 11) is 1.63. The Morgan fingerprint density at radius 1 is 1.27 bits per heavy atom. The summed E-state index contributed by atoms with van der Waals surface area (Å²) in [4.78, 5) is 16.9. The number of hydrogen-bond acceptors (Lipinski definition) is 4. The van der Waals surface area contributed by atoms with Crippen LogP contribution in [0.15, 0.2) is 54.4 Å². The molecule has 0 fully saturated rings. The number of ether oxygens (including phenoxy) is 1. The first kappa shape index (κ1) is 19.2. The molecular formula is C21H23N3O2. The average molecular weight is 349 g/mol. The molecule has 0 saturated carbocycles. The number of nitrogens with zero attached hydrogens (tertiary/aromatic N) is 2. The molecule has 1 N–H and O–H groups in total. The highest BCUT2D eigenvalue weighted by Gasteiger charge is 2.14. The molecule has 5 nitrogen and oxygen atoms in total. The Hall–Kier alpha value is -3.10. The number of pyridine rings is 1. The molecule has 2 aromatic rings. The third kappa shape index (κ3) is 4.29. The zero-order valence-corrected chi connectivity index (χ0v) is 15.2. The van der Waals surface area contributed by atoms with E-state index in [-0.39, 0.29) is 11.1 Å². The van der Waals surface area contributed by atoms with Gasteiger partial charge in [-0.25, -0.2) is 0 Å². The van der Waals surface area contributed by atoms with Gasteiger partial charge in [0.25, 0.3) is 5.56 Å². The van der Waals surface area contributed by atoms with Gasteiger partial charge in [-0.15, -0.1) is 13.2 Å². The number of methoxy groups -OCH3 is 1. The van der Waals surface area contributed by atoms with E-state index in [9.17, 15) is 10.1 Å². The molecule has 1 heterocycles. The number of aromatic amines is 1. The van der Waals surface area contributed by atoms with Crippen molar-refractivity contribution >= 4 is 0 Å². The minimum absolute atomic E-state index is 0.112. The van der Waals surface area contributed by atoms with E-state index in [1.807, 2.05) is 42.5 Å². The first-order valence-corrected chi connectivity index (χ1v) is 8.29. The number of nitrogens with one attached hydrogen (secondary N) is 1. The summed E-state index contributed by atoms with van der Waals surface area (Å²) in [5, 5.41) is 9.38. The lowest BCUT2D eigenvalue weighted by Crippen LogP contribution is -2.23. The number of hydrogen-bond donors (Lipinski definition) is 1. The second-order valence-corrected chi connectivity index (χ2v) is 5.98. The van der Waals surface area contributed by atoms with Crippen LogP contribution in [0.3, 0.4) is 0 Å². The first-order chi connectivity index (χ1) is 12.5. The molecule has 0 atom stereocenters. The molecule has 0 amide bonds. The third-order valence-electron chi connectivity index (χ3n) is 4.04. The van der Waals surface area contributed by atoms with Gasteiger partial charge in [-0.2, -0.15) is 5.26 Å². The monoisotopic (exact) mass is 349 g/mol. The normalized spacial score (nSPS) is 10.4. The van der Waals surface area contributed by atoms with E-state index < -0.39 is 0 Å². The third-order valence-corrected chi connectivity index (χ3v) is 4.04. The average Bonchev–Trinajstić information content (AvgIpc) is 2.61. The molecule has 5 heteroatoms. The van der Waals surface area contributed by atoms with Crippen molar-refractivity contribution in [2.75, 3.05) is 20.2 Å². The Morgan fingerprint density at radius 2 is 1.96 bits per heavy atom. The Kier molecular flexibility index (Phi) is 6.54. The van der Waals surface area contributed by atoms with E-state index in [1.165, 1.54) is 0 Å². The predicted octanol–water partition coefficient (Wildman–Crippen LogP) is 3.40. The van der Waals surface area contributed by atoms with Crippen molar-refractivity contribution in [3.63, 3.8) is 0 Å². The molecule has 0 unspecified atom stereocenters. The summed E-state index contributed by atoms with van der Waals surface area (Å²) >= 11 is 0. The second kappa shape index (κ2) is 8.84. The highest BCUT2D eigenvalue weighted by Crippen LogP contribution is 2.29. The molecule has 0 spiro atoms. The van der Waals surface area contributed by atoms with E-state index in [2.05, 4.69) is 23.0 Å². The number of aromatic nitrogens is 1. The van der Waals surface area contributed by atoms with Gasteiger partial charge in [-0.3, -0.25) is 9.69 Å². The van der Waals surface area contributed by atoms with Gasteiger partial charge in [-0.05, 0) is 30.7 Å². The highest BCUT2D eigenvalue weighted by atomic mass is 16.5. The Morgan fingerprint density at radius 3 is 2.54 bits per heavy atom. The van der Waals surface area contributed by atoms with Crippen LogP contribution in [-0.2, 0) is 6.54 Å². The molecule has 0 aliphatic carbocycles. The van der Waals surface area contributed by atoms with Crippen molar-refractivity contribution in [1.29, 1.82) is 5.26 Å². The van der Waals surface area contributed by atoms with E-state index in [4.69, 9.17) is 4.74 Å². The number of rotatable bonds is 8. The minimum Gasteiger partial charge on any atom is -0.496 e. The molecule has 0 aliphatic heterocycles. The van der Waals surface area contributed by atoms with Crippen molar-refractivity contribution in [3.05, 3.63) is 76.8 Å². The summed E-state index contributed by atoms with van der Waals surface area (Å²) in [6.07, 6.45) is 3.68. The van der Waals surface area contributed by atoms with Crippen molar-refractivity contribution in [2.45, 2.75) is 13.5 Å². The van der Waals surface area contributed by atoms with E-state index >= 15 is 0 Å². The zero-order chi connectivity index (χ0) is 19.1. The maximum Gasteiger partial charge on any atom is 0.266 e. The molecule has 26 heavy (non-hydrogen) atoms. The van der Waals surface area contributed by atoms with E-state index in [0.717, 1.165) is 16.9 Å². The van der Waals surface area contributed by atoms with E-state index in [0.29, 0.717) is 30.9 Å². The van der Waals surface area contributed by atoms with Gasteiger partial charge in [-0.1, -0.05) is 18.2 Å². The van der Waals surface area contributed by atoms with Crippen LogP contribution in [0.4, 0.5) is 0 Å². The van der Waals surface area contributed by atoms with Crippen LogP contribution in [-0.4, -0.2) is 30.1 Å². The molecular weight excluding hydrogens is 326 g/mol. The van der Waals surface area contributed by atoms with Crippen LogP contribution >= 0.6 is 0 Å². The zero-order valence-electron chi connectivity index (χ0n) is 15.2. The molecule has 0 saturated heterocycles. The van der Waals surface area contributed by atoms with Gasteiger partial charge in [0.1, 0.15) is 17.4 Å². The Balaban J connectivity index is 2.54. The van der Waals surface area contributed by atoms with Crippen molar-refractivity contribution < 1.29 is 4.74 Å². The van der Waals surface area contributed by atoms with Gasteiger partial charge in [0.2, 0.25) is 0 Å². The second-order valence-electron chi connectivity index (χ2n) is 5.98. The summed E-state index contributed by atoms with van der Waals surface area (Å²) in [5.74, 6) is 0.756. The van der Waals surface area contributed by atoms with Gasteiger partial charge < -0.3 is 9.72 Å². The van der Waals surface area contributed by atoms with Gasteiger partial charge in [0.15, 0.2) is 0 Å². The lowest BCUT2D eigenvalue weighted by Gasteiger charge is -2.21. The fraction of sp³-hybridized carbons (Fsp3) is 0.238. The molecule has 134 valence electrons. The Bertz CT molecular complexity index is 896. The largest absolute Gasteiger partial charge is 0.496 e. The van der Waals surface area contributed by atoms with Crippen LogP contribution in [0, 0.1) is 18.3 Å². The van der Waals surface area contributed by atoms with Crippen molar-refractivity contribution in [1.82, 2.24) is 9.88 Å². The molecule has 1 aromatic carbocycles. The summed E-state index contributed by atoms with van der Waals surface area (Å²) < 4.78 is 5.49. The lowest BCUT2D eigenvalue weighted by atomic mass is 9.98. The fourth-order valence-corrected chi connectivity index (χ4v) is 2.91. The summed E-state index contributed by atoms with van der Waals surface area (Å²) in [6.45, 7) is 11.5. The molecule has 0 bridgehead atoms. The number of aryl methyl sites for hydroxylation is 1. The topological polar surface area (TPSA) is 69.1 Å². The molecule has 2 rings (SSSR count). The van der Waals surface area contributed by atoms with Gasteiger partial charge >= 0.3 is 0 Å². The maximum absolute atomic E-state index is 12.1. The summed E-state index contributed by atoms with van der Waals surface area (Å²) in [5.41, 5.74) is 2.85. The van der Waals surface area contributed by atoms with Crippen LogP contribution in [0.25, 0.3) is 11.1 Å². The molecule has 0 radical (unpaired) electrons. The van der Waals surface area contributed by atoms with Gasteiger partial charge in [0, 0.05) is 36.5 Å². The van der Waals surface area contributed by atoms with Crippen LogP contribution < -0.4 is 10.3 Å². The minimum atomic E-state index is -0.375. The smallest absolute Gasteiger partial charge is 0.266 e.